The van der Waals surface area contributed by atoms with Crippen molar-refractivity contribution in [3.63, 3.8) is 0 Å². The summed E-state index contributed by atoms with van der Waals surface area (Å²) in [5.74, 6) is -0.325. The number of hydrogen-bond acceptors (Lipinski definition) is 3. The molecular weight excluding hydrogens is 245 g/mol. The van der Waals surface area contributed by atoms with Crippen molar-refractivity contribution in [2.24, 2.45) is 0 Å². The first-order valence-electron chi connectivity index (χ1n) is 5.58. The summed E-state index contributed by atoms with van der Waals surface area (Å²) in [6.07, 6.45) is -0.136. The summed E-state index contributed by atoms with van der Waals surface area (Å²) in [7, 11) is 0. The summed E-state index contributed by atoms with van der Waals surface area (Å²) in [5, 5.41) is 9.48. The summed E-state index contributed by atoms with van der Waals surface area (Å²) in [6.45, 7) is 2.74. The summed E-state index contributed by atoms with van der Waals surface area (Å²) in [4.78, 5) is 2.14. The molecule has 1 unspecified atom stereocenters. The molecule has 1 saturated heterocycles. The van der Waals surface area contributed by atoms with Crippen molar-refractivity contribution in [2.45, 2.75) is 12.6 Å². The van der Waals surface area contributed by atoms with Gasteiger partial charge in [0.15, 0.2) is 0 Å². The number of rotatable bonds is 3. The Bertz CT molecular complexity index is 389. The first-order chi connectivity index (χ1) is 8.19. The second kappa shape index (κ2) is 5.78. The molecule has 94 valence electrons. The monoisotopic (exact) mass is 259 g/mol. The summed E-state index contributed by atoms with van der Waals surface area (Å²) in [5.41, 5.74) is 0.895. The number of halogens is 2. The second-order valence-electron chi connectivity index (χ2n) is 4.15. The molecule has 0 aliphatic carbocycles. The third kappa shape index (κ3) is 3.39. The minimum absolute atomic E-state index is 0.0215. The molecule has 2 rings (SSSR count). The third-order valence-electron chi connectivity index (χ3n) is 2.84. The van der Waals surface area contributed by atoms with E-state index in [9.17, 15) is 4.39 Å². The highest BCUT2D eigenvalue weighted by Crippen LogP contribution is 2.20. The molecule has 1 aliphatic rings. The van der Waals surface area contributed by atoms with Crippen molar-refractivity contribution in [1.29, 1.82) is 0 Å². The maximum absolute atomic E-state index is 12.9. The minimum Gasteiger partial charge on any atom is -0.394 e. The zero-order valence-electron chi connectivity index (χ0n) is 9.40. The normalized spacial score (nSPS) is 21.7. The van der Waals surface area contributed by atoms with Crippen molar-refractivity contribution in [1.82, 2.24) is 4.90 Å². The van der Waals surface area contributed by atoms with Crippen molar-refractivity contribution in [3.05, 3.63) is 34.6 Å². The Morgan fingerprint density at radius 3 is 3.06 bits per heavy atom. The van der Waals surface area contributed by atoms with Gasteiger partial charge in [0.25, 0.3) is 0 Å². The van der Waals surface area contributed by atoms with Gasteiger partial charge in [-0.2, -0.15) is 0 Å². The number of aliphatic hydroxyl groups is 1. The molecule has 0 amide bonds. The van der Waals surface area contributed by atoms with E-state index < -0.39 is 0 Å². The lowest BCUT2D eigenvalue weighted by Crippen LogP contribution is -2.43. The minimum atomic E-state index is -0.325. The fourth-order valence-corrected chi connectivity index (χ4v) is 2.15. The van der Waals surface area contributed by atoms with E-state index in [2.05, 4.69) is 4.90 Å². The fraction of sp³-hybridized carbons (Fsp3) is 0.500. The van der Waals surface area contributed by atoms with Gasteiger partial charge < -0.3 is 9.84 Å². The summed E-state index contributed by atoms with van der Waals surface area (Å²) in [6, 6.07) is 4.42. The van der Waals surface area contributed by atoms with Gasteiger partial charge in [-0.1, -0.05) is 17.7 Å². The lowest BCUT2D eigenvalue weighted by atomic mass is 10.2. The molecule has 1 fully saturated rings. The summed E-state index contributed by atoms with van der Waals surface area (Å²) < 4.78 is 18.3. The molecule has 0 saturated carbocycles. The highest BCUT2D eigenvalue weighted by Gasteiger charge is 2.20. The molecule has 0 radical (unpaired) electrons. The van der Waals surface area contributed by atoms with Crippen molar-refractivity contribution >= 4 is 11.6 Å². The standard InChI is InChI=1S/C12H15ClFNO2/c13-12-5-10(14)2-1-9(12)6-15-3-4-17-11(7-15)8-16/h1-2,5,11,16H,3-4,6-8H2. The van der Waals surface area contributed by atoms with Gasteiger partial charge in [0.1, 0.15) is 5.82 Å². The van der Waals surface area contributed by atoms with Crippen LogP contribution in [-0.4, -0.2) is 42.4 Å². The van der Waals surface area contributed by atoms with Gasteiger partial charge in [0.2, 0.25) is 0 Å². The predicted molar refractivity (Wildman–Crippen MR) is 63.5 cm³/mol. The van der Waals surface area contributed by atoms with Gasteiger partial charge in [-0.15, -0.1) is 0 Å². The number of hydrogen-bond donors (Lipinski definition) is 1. The van der Waals surface area contributed by atoms with Gasteiger partial charge in [0, 0.05) is 24.7 Å². The first-order valence-corrected chi connectivity index (χ1v) is 5.95. The third-order valence-corrected chi connectivity index (χ3v) is 3.19. The van der Waals surface area contributed by atoms with Crippen LogP contribution in [0.2, 0.25) is 5.02 Å². The topological polar surface area (TPSA) is 32.7 Å². The van der Waals surface area contributed by atoms with E-state index in [1.807, 2.05) is 0 Å². The molecule has 1 N–H and O–H groups in total. The quantitative estimate of drug-likeness (QED) is 0.896. The van der Waals surface area contributed by atoms with E-state index >= 15 is 0 Å². The van der Waals surface area contributed by atoms with E-state index in [1.165, 1.54) is 12.1 Å². The Kier molecular flexibility index (Phi) is 4.34. The second-order valence-corrected chi connectivity index (χ2v) is 4.55. The van der Waals surface area contributed by atoms with E-state index in [0.717, 1.165) is 12.1 Å². The van der Waals surface area contributed by atoms with Crippen LogP contribution in [0.4, 0.5) is 4.39 Å². The lowest BCUT2D eigenvalue weighted by Gasteiger charge is -2.32. The zero-order chi connectivity index (χ0) is 12.3. The van der Waals surface area contributed by atoms with Gasteiger partial charge in [0.05, 0.1) is 19.3 Å². The highest BCUT2D eigenvalue weighted by molar-refractivity contribution is 6.31. The Labute approximate surface area is 105 Å². The van der Waals surface area contributed by atoms with Crippen molar-refractivity contribution in [2.75, 3.05) is 26.3 Å². The van der Waals surface area contributed by atoms with Crippen LogP contribution < -0.4 is 0 Å². The van der Waals surface area contributed by atoms with Crippen LogP contribution in [-0.2, 0) is 11.3 Å². The van der Waals surface area contributed by atoms with E-state index in [4.69, 9.17) is 21.4 Å². The molecule has 1 atom stereocenters. The largest absolute Gasteiger partial charge is 0.394 e. The average Bonchev–Trinajstić information content (AvgIpc) is 2.33. The maximum Gasteiger partial charge on any atom is 0.124 e. The number of ether oxygens (including phenoxy) is 1. The van der Waals surface area contributed by atoms with Crippen LogP contribution in [0.15, 0.2) is 18.2 Å². The molecule has 5 heteroatoms. The molecule has 3 nitrogen and oxygen atoms in total. The van der Waals surface area contributed by atoms with Crippen LogP contribution in [0.3, 0.4) is 0 Å². The molecule has 0 aromatic heterocycles. The van der Waals surface area contributed by atoms with Gasteiger partial charge in [-0.25, -0.2) is 4.39 Å². The van der Waals surface area contributed by atoms with E-state index in [0.29, 0.717) is 24.7 Å². The Morgan fingerprint density at radius 1 is 1.53 bits per heavy atom. The van der Waals surface area contributed by atoms with Crippen LogP contribution in [0.1, 0.15) is 5.56 Å². The molecule has 1 aliphatic heterocycles. The molecule has 17 heavy (non-hydrogen) atoms. The van der Waals surface area contributed by atoms with Crippen LogP contribution in [0, 0.1) is 5.82 Å². The molecule has 1 aromatic carbocycles. The van der Waals surface area contributed by atoms with Crippen LogP contribution >= 0.6 is 11.6 Å². The number of morpholine rings is 1. The number of aliphatic hydroxyl groups excluding tert-OH is 1. The maximum atomic E-state index is 12.9. The van der Waals surface area contributed by atoms with Crippen LogP contribution in [0.5, 0.6) is 0 Å². The van der Waals surface area contributed by atoms with Crippen molar-refractivity contribution < 1.29 is 14.2 Å². The lowest BCUT2D eigenvalue weighted by molar-refractivity contribution is -0.0551. The molecule has 0 spiro atoms. The average molecular weight is 260 g/mol. The smallest absolute Gasteiger partial charge is 0.124 e. The van der Waals surface area contributed by atoms with Crippen molar-refractivity contribution in [3.8, 4) is 0 Å². The Balaban J connectivity index is 2.00. The SMILES string of the molecule is OCC1CN(Cc2ccc(F)cc2Cl)CCO1. The van der Waals surface area contributed by atoms with Gasteiger partial charge >= 0.3 is 0 Å². The van der Waals surface area contributed by atoms with Gasteiger partial charge in [-0.3, -0.25) is 4.90 Å². The van der Waals surface area contributed by atoms with Crippen LogP contribution in [0.25, 0.3) is 0 Å². The molecule has 1 heterocycles. The Hall–Kier alpha value is -0.680. The predicted octanol–water partition coefficient (Wildman–Crippen LogP) is 1.67. The molecule has 1 aromatic rings. The molecular formula is C12H15ClFNO2. The zero-order valence-corrected chi connectivity index (χ0v) is 10.2. The molecule has 0 bridgehead atoms. The first kappa shape index (κ1) is 12.8. The highest BCUT2D eigenvalue weighted by atomic mass is 35.5. The Morgan fingerprint density at radius 2 is 2.35 bits per heavy atom. The number of benzene rings is 1. The fourth-order valence-electron chi connectivity index (χ4n) is 1.93. The summed E-state index contributed by atoms with van der Waals surface area (Å²) >= 11 is 5.97. The van der Waals surface area contributed by atoms with E-state index in [-0.39, 0.29) is 18.5 Å². The van der Waals surface area contributed by atoms with Gasteiger partial charge in [-0.05, 0) is 17.7 Å². The van der Waals surface area contributed by atoms with E-state index in [1.54, 1.807) is 6.07 Å². The number of nitrogens with zero attached hydrogens (tertiary/aromatic N) is 1.